The zero-order chi connectivity index (χ0) is 18.0. The summed E-state index contributed by atoms with van der Waals surface area (Å²) < 4.78 is 0. The van der Waals surface area contributed by atoms with Gasteiger partial charge in [0.1, 0.15) is 5.37 Å². The Kier molecular flexibility index (Phi) is 5.86. The molecule has 0 aliphatic carbocycles. The van der Waals surface area contributed by atoms with E-state index >= 15 is 0 Å². The monoisotopic (exact) mass is 394 g/mol. The summed E-state index contributed by atoms with van der Waals surface area (Å²) in [6.07, 6.45) is 0. The van der Waals surface area contributed by atoms with Gasteiger partial charge >= 0.3 is 0 Å². The van der Waals surface area contributed by atoms with Crippen LogP contribution in [0.1, 0.15) is 39.3 Å². The number of aryl methyl sites for hydroxylation is 1. The van der Waals surface area contributed by atoms with Crippen molar-refractivity contribution in [1.82, 2.24) is 9.80 Å². The van der Waals surface area contributed by atoms with Crippen LogP contribution in [-0.4, -0.2) is 46.5 Å². The van der Waals surface area contributed by atoms with Crippen molar-refractivity contribution in [2.75, 3.05) is 19.6 Å². The number of hydrogen-bond acceptors (Lipinski definition) is 5. The molecule has 0 radical (unpaired) electrons. The van der Waals surface area contributed by atoms with Gasteiger partial charge in [-0.1, -0.05) is 6.07 Å². The lowest BCUT2D eigenvalue weighted by atomic mass is 10.2. The van der Waals surface area contributed by atoms with E-state index in [0.717, 1.165) is 4.88 Å². The van der Waals surface area contributed by atoms with Crippen LogP contribution in [0.2, 0.25) is 0 Å². The Balaban J connectivity index is 1.72. The maximum atomic E-state index is 12.6. The van der Waals surface area contributed by atoms with E-state index in [1.54, 1.807) is 23.1 Å². The molecule has 0 saturated carbocycles. The van der Waals surface area contributed by atoms with E-state index in [1.165, 1.54) is 21.8 Å². The highest BCUT2D eigenvalue weighted by molar-refractivity contribution is 8.01. The van der Waals surface area contributed by atoms with Gasteiger partial charge in [-0.25, -0.2) is 0 Å². The Labute approximate surface area is 160 Å². The van der Waals surface area contributed by atoms with Gasteiger partial charge in [-0.3, -0.25) is 9.59 Å². The smallest absolute Gasteiger partial charge is 0.263 e. The quantitative estimate of drug-likeness (QED) is 0.736. The Hall–Kier alpha value is -1.31. The molecule has 1 aliphatic heterocycles. The zero-order valence-corrected chi connectivity index (χ0v) is 17.0. The van der Waals surface area contributed by atoms with Crippen LogP contribution < -0.4 is 0 Å². The molecule has 0 N–H and O–H groups in total. The number of carbonyl (C=O) groups excluding carboxylic acids is 2. The van der Waals surface area contributed by atoms with Crippen molar-refractivity contribution in [3.05, 3.63) is 44.3 Å². The van der Waals surface area contributed by atoms with Crippen LogP contribution in [0, 0.1) is 6.92 Å². The minimum atomic E-state index is -0.0328. The molecular weight excluding hydrogens is 372 g/mol. The van der Waals surface area contributed by atoms with Crippen molar-refractivity contribution in [2.24, 2.45) is 0 Å². The summed E-state index contributed by atoms with van der Waals surface area (Å²) in [6.45, 7) is 7.82. The zero-order valence-electron chi connectivity index (χ0n) is 14.6. The summed E-state index contributed by atoms with van der Waals surface area (Å²) >= 11 is 4.87. The first-order valence-electron chi connectivity index (χ1n) is 8.35. The molecule has 4 nitrogen and oxygen atoms in total. The highest BCUT2D eigenvalue weighted by Gasteiger charge is 2.39. The lowest BCUT2D eigenvalue weighted by molar-refractivity contribution is -0.129. The highest BCUT2D eigenvalue weighted by atomic mass is 32.2. The molecule has 2 aromatic rings. The maximum Gasteiger partial charge on any atom is 0.263 e. The minimum absolute atomic E-state index is 0.0328. The fourth-order valence-corrected chi connectivity index (χ4v) is 6.17. The third-order valence-electron chi connectivity index (χ3n) is 4.38. The summed E-state index contributed by atoms with van der Waals surface area (Å²) in [5.74, 6) is 0.219. The first kappa shape index (κ1) is 18.5. The van der Waals surface area contributed by atoms with Crippen LogP contribution in [0.25, 0.3) is 0 Å². The second-order valence-electron chi connectivity index (χ2n) is 5.99. The lowest BCUT2D eigenvalue weighted by Gasteiger charge is -2.27. The molecule has 2 atom stereocenters. The van der Waals surface area contributed by atoms with Crippen LogP contribution in [-0.2, 0) is 4.79 Å². The average Bonchev–Trinajstić information content (AvgIpc) is 3.32. The summed E-state index contributed by atoms with van der Waals surface area (Å²) in [5.41, 5.74) is 1.23. The normalized spacial score (nSPS) is 20.3. The molecule has 3 rings (SSSR count). The molecule has 1 saturated heterocycles. The van der Waals surface area contributed by atoms with Crippen LogP contribution in [0.3, 0.4) is 0 Å². The summed E-state index contributed by atoms with van der Waals surface area (Å²) in [4.78, 5) is 31.0. The number of likely N-dealkylation sites (N-methyl/N-ethyl adjacent to an activating group) is 1. The number of amides is 2. The molecule has 0 unspecified atom stereocenters. The average molecular weight is 395 g/mol. The van der Waals surface area contributed by atoms with Gasteiger partial charge in [0.15, 0.2) is 0 Å². The van der Waals surface area contributed by atoms with Crippen LogP contribution in [0.5, 0.6) is 0 Å². The van der Waals surface area contributed by atoms with E-state index in [1.807, 2.05) is 41.2 Å². The van der Waals surface area contributed by atoms with E-state index in [2.05, 4.69) is 18.4 Å². The minimum Gasteiger partial charge on any atom is -0.336 e. The Bertz CT molecular complexity index is 741. The second-order valence-corrected chi connectivity index (χ2v) is 9.31. The van der Waals surface area contributed by atoms with E-state index in [-0.39, 0.29) is 22.4 Å². The number of carbonyl (C=O) groups is 2. The van der Waals surface area contributed by atoms with E-state index < -0.39 is 0 Å². The van der Waals surface area contributed by atoms with Gasteiger partial charge < -0.3 is 9.80 Å². The first-order chi connectivity index (χ1) is 12.0. The SMILES string of the molecule is CCN(CCN1C(=O)[C@H](C)S[C@H]1c1sccc1C)C(=O)c1cccs1. The van der Waals surface area contributed by atoms with E-state index in [0.29, 0.717) is 19.6 Å². The number of thioether (sulfide) groups is 1. The predicted octanol–water partition coefficient (Wildman–Crippen LogP) is 4.24. The highest BCUT2D eigenvalue weighted by Crippen LogP contribution is 2.45. The Morgan fingerprint density at radius 3 is 2.68 bits per heavy atom. The number of thiophene rings is 2. The van der Waals surface area contributed by atoms with Gasteiger partial charge in [0, 0.05) is 24.5 Å². The fourth-order valence-electron chi connectivity index (χ4n) is 2.93. The van der Waals surface area contributed by atoms with Crippen molar-refractivity contribution in [1.29, 1.82) is 0 Å². The molecule has 0 bridgehead atoms. The van der Waals surface area contributed by atoms with Gasteiger partial charge in [-0.15, -0.1) is 34.4 Å². The molecule has 3 heterocycles. The first-order valence-corrected chi connectivity index (χ1v) is 11.1. The van der Waals surface area contributed by atoms with Crippen molar-refractivity contribution in [3.63, 3.8) is 0 Å². The predicted molar refractivity (Wildman–Crippen MR) is 106 cm³/mol. The van der Waals surface area contributed by atoms with Crippen LogP contribution in [0.4, 0.5) is 0 Å². The van der Waals surface area contributed by atoms with Gasteiger partial charge in [-0.2, -0.15) is 0 Å². The van der Waals surface area contributed by atoms with Crippen LogP contribution >= 0.6 is 34.4 Å². The van der Waals surface area contributed by atoms with E-state index in [9.17, 15) is 9.59 Å². The van der Waals surface area contributed by atoms with Crippen LogP contribution in [0.15, 0.2) is 29.0 Å². The molecular formula is C18H22N2O2S3. The van der Waals surface area contributed by atoms with Gasteiger partial charge in [-0.05, 0) is 49.2 Å². The number of nitrogens with zero attached hydrogens (tertiary/aromatic N) is 2. The largest absolute Gasteiger partial charge is 0.336 e. The maximum absolute atomic E-state index is 12.6. The van der Waals surface area contributed by atoms with Crippen molar-refractivity contribution in [3.8, 4) is 0 Å². The Morgan fingerprint density at radius 2 is 2.08 bits per heavy atom. The van der Waals surface area contributed by atoms with Crippen molar-refractivity contribution in [2.45, 2.75) is 31.4 Å². The molecule has 0 aromatic carbocycles. The van der Waals surface area contributed by atoms with Crippen molar-refractivity contribution >= 4 is 46.2 Å². The summed E-state index contributed by atoms with van der Waals surface area (Å²) in [6, 6.07) is 5.85. The van der Waals surface area contributed by atoms with E-state index in [4.69, 9.17) is 0 Å². The number of rotatable bonds is 6. The molecule has 1 aliphatic rings. The van der Waals surface area contributed by atoms with Gasteiger partial charge in [0.2, 0.25) is 5.91 Å². The van der Waals surface area contributed by atoms with Crippen molar-refractivity contribution < 1.29 is 9.59 Å². The summed E-state index contributed by atoms with van der Waals surface area (Å²) in [7, 11) is 0. The fraction of sp³-hybridized carbons (Fsp3) is 0.444. The Morgan fingerprint density at radius 1 is 1.28 bits per heavy atom. The molecule has 1 fully saturated rings. The molecule has 0 spiro atoms. The standard InChI is InChI=1S/C18H22N2O2S3/c1-4-19(17(22)14-6-5-10-23-14)8-9-20-16(21)13(3)25-18(20)15-12(2)7-11-24-15/h5-7,10-11,13,18H,4,8-9H2,1-3H3/t13-,18-/m0/s1. The van der Waals surface area contributed by atoms with Gasteiger partial charge in [0.05, 0.1) is 10.1 Å². The molecule has 134 valence electrons. The topological polar surface area (TPSA) is 40.6 Å². The number of hydrogen-bond donors (Lipinski definition) is 0. The molecule has 2 amide bonds. The lowest BCUT2D eigenvalue weighted by Crippen LogP contribution is -2.40. The summed E-state index contributed by atoms with van der Waals surface area (Å²) in [5, 5.41) is 4.03. The molecule has 25 heavy (non-hydrogen) atoms. The third kappa shape index (κ3) is 3.78. The molecule has 7 heteroatoms. The third-order valence-corrected chi connectivity index (χ3v) is 7.82. The molecule has 2 aromatic heterocycles. The second kappa shape index (κ2) is 7.93. The van der Waals surface area contributed by atoms with Gasteiger partial charge in [0.25, 0.3) is 5.91 Å².